The van der Waals surface area contributed by atoms with Gasteiger partial charge in [0.15, 0.2) is 5.78 Å². The van der Waals surface area contributed by atoms with Crippen molar-refractivity contribution in [2.45, 2.75) is 20.8 Å². The molecule has 1 aromatic carbocycles. The Hall–Kier alpha value is -0.730. The molecule has 0 aliphatic heterocycles. The highest BCUT2D eigenvalue weighted by atomic mass is 35.5. The molecule has 1 N–H and O–H groups in total. The highest BCUT2D eigenvalue weighted by Gasteiger charge is 2.19. The molecule has 0 bridgehead atoms. The second-order valence-electron chi connectivity index (χ2n) is 3.16. The number of halogens is 2. The summed E-state index contributed by atoms with van der Waals surface area (Å²) in [6, 6.07) is 0. The van der Waals surface area contributed by atoms with Crippen LogP contribution in [-0.2, 0) is 0 Å². The highest BCUT2D eigenvalue weighted by Crippen LogP contribution is 2.38. The minimum absolute atomic E-state index is 0.144. The summed E-state index contributed by atoms with van der Waals surface area (Å²) in [5, 5.41) is 10.2. The molecular formula is C10H10Cl2O2. The van der Waals surface area contributed by atoms with Crippen molar-refractivity contribution in [1.82, 2.24) is 0 Å². The summed E-state index contributed by atoms with van der Waals surface area (Å²) in [5.74, 6) is -0.428. The predicted molar refractivity (Wildman–Crippen MR) is 57.6 cm³/mol. The highest BCUT2D eigenvalue weighted by molar-refractivity contribution is 6.38. The van der Waals surface area contributed by atoms with E-state index in [0.29, 0.717) is 16.1 Å². The molecule has 4 heteroatoms. The number of carbonyl (C=O) groups is 1. The van der Waals surface area contributed by atoms with Gasteiger partial charge in [0.1, 0.15) is 5.75 Å². The van der Waals surface area contributed by atoms with Crippen molar-refractivity contribution in [3.63, 3.8) is 0 Å². The van der Waals surface area contributed by atoms with Crippen molar-refractivity contribution in [3.05, 3.63) is 26.7 Å². The summed E-state index contributed by atoms with van der Waals surface area (Å²) < 4.78 is 0. The lowest BCUT2D eigenvalue weighted by Gasteiger charge is -2.12. The molecule has 1 aromatic rings. The second-order valence-corrected chi connectivity index (χ2v) is 3.91. The Morgan fingerprint density at radius 2 is 1.64 bits per heavy atom. The molecule has 14 heavy (non-hydrogen) atoms. The molecule has 0 saturated heterocycles. The summed E-state index contributed by atoms with van der Waals surface area (Å²) in [7, 11) is 0. The molecule has 0 radical (unpaired) electrons. The molecule has 0 atom stereocenters. The number of benzene rings is 1. The van der Waals surface area contributed by atoms with Crippen LogP contribution in [0.15, 0.2) is 0 Å². The van der Waals surface area contributed by atoms with Crippen molar-refractivity contribution < 1.29 is 9.90 Å². The van der Waals surface area contributed by atoms with E-state index >= 15 is 0 Å². The first kappa shape index (κ1) is 11.3. The van der Waals surface area contributed by atoms with Gasteiger partial charge >= 0.3 is 0 Å². The standard InChI is InChI=1S/C10H10Cl2O2/c1-4-7(6(3)13)10(14)9(12)5(2)8(4)11/h14H,1-3H3. The normalized spacial score (nSPS) is 10.4. The average molecular weight is 233 g/mol. The average Bonchev–Trinajstić information content (AvgIpc) is 2.11. The van der Waals surface area contributed by atoms with Crippen molar-refractivity contribution in [3.8, 4) is 5.75 Å². The molecule has 0 aliphatic rings. The number of rotatable bonds is 1. The predicted octanol–water partition coefficient (Wildman–Crippen LogP) is 3.52. The van der Waals surface area contributed by atoms with Gasteiger partial charge < -0.3 is 5.11 Å². The smallest absolute Gasteiger partial charge is 0.163 e. The number of hydrogen-bond acceptors (Lipinski definition) is 2. The fourth-order valence-corrected chi connectivity index (χ4v) is 1.81. The van der Waals surface area contributed by atoms with Gasteiger partial charge in [-0.2, -0.15) is 0 Å². The van der Waals surface area contributed by atoms with E-state index in [-0.39, 0.29) is 22.1 Å². The van der Waals surface area contributed by atoms with Gasteiger partial charge in [-0.05, 0) is 31.9 Å². The molecule has 0 amide bonds. The van der Waals surface area contributed by atoms with Crippen LogP contribution in [-0.4, -0.2) is 10.9 Å². The summed E-state index contributed by atoms with van der Waals surface area (Å²) in [4.78, 5) is 11.2. The first-order chi connectivity index (χ1) is 6.37. The lowest BCUT2D eigenvalue weighted by Crippen LogP contribution is -2.00. The summed E-state index contributed by atoms with van der Waals surface area (Å²) in [6.07, 6.45) is 0. The van der Waals surface area contributed by atoms with Gasteiger partial charge in [0.25, 0.3) is 0 Å². The first-order valence-corrected chi connectivity index (χ1v) is 4.81. The zero-order valence-corrected chi connectivity index (χ0v) is 9.62. The Kier molecular flexibility index (Phi) is 3.07. The van der Waals surface area contributed by atoms with Gasteiger partial charge in [0.2, 0.25) is 0 Å². The van der Waals surface area contributed by atoms with Crippen molar-refractivity contribution in [2.75, 3.05) is 0 Å². The van der Waals surface area contributed by atoms with Crippen molar-refractivity contribution in [2.24, 2.45) is 0 Å². The van der Waals surface area contributed by atoms with E-state index in [0.717, 1.165) is 0 Å². The lowest BCUT2D eigenvalue weighted by atomic mass is 10.0. The summed E-state index contributed by atoms with van der Waals surface area (Å²) in [5.41, 5.74) is 1.36. The van der Waals surface area contributed by atoms with E-state index in [1.165, 1.54) is 6.92 Å². The van der Waals surface area contributed by atoms with E-state index in [9.17, 15) is 9.90 Å². The van der Waals surface area contributed by atoms with Gasteiger partial charge in [-0.1, -0.05) is 23.2 Å². The first-order valence-electron chi connectivity index (χ1n) is 4.06. The molecule has 0 fully saturated rings. The Morgan fingerprint density at radius 1 is 1.14 bits per heavy atom. The minimum atomic E-state index is -0.246. The van der Waals surface area contributed by atoms with Crippen LogP contribution in [0, 0.1) is 13.8 Å². The molecule has 0 aliphatic carbocycles. The number of phenols is 1. The monoisotopic (exact) mass is 232 g/mol. The van der Waals surface area contributed by atoms with Crippen LogP contribution in [0.2, 0.25) is 10.0 Å². The lowest BCUT2D eigenvalue weighted by molar-refractivity contribution is 0.101. The third-order valence-electron chi connectivity index (χ3n) is 2.16. The molecule has 2 nitrogen and oxygen atoms in total. The Morgan fingerprint density at radius 3 is 2.07 bits per heavy atom. The van der Waals surface area contributed by atoms with E-state index in [4.69, 9.17) is 23.2 Å². The Labute approximate surface area is 92.5 Å². The van der Waals surface area contributed by atoms with Crippen LogP contribution in [0.1, 0.15) is 28.4 Å². The molecule has 0 saturated carbocycles. The van der Waals surface area contributed by atoms with Gasteiger partial charge in [-0.25, -0.2) is 0 Å². The van der Waals surface area contributed by atoms with Crippen LogP contribution in [0.3, 0.4) is 0 Å². The number of carbonyl (C=O) groups excluding carboxylic acids is 1. The minimum Gasteiger partial charge on any atom is -0.506 e. The maximum absolute atomic E-state index is 11.2. The Bertz CT molecular complexity index is 382. The zero-order valence-electron chi connectivity index (χ0n) is 8.11. The number of aromatic hydroxyl groups is 1. The van der Waals surface area contributed by atoms with Crippen LogP contribution in [0.4, 0.5) is 0 Å². The van der Waals surface area contributed by atoms with Crippen LogP contribution in [0.5, 0.6) is 5.75 Å². The third-order valence-corrected chi connectivity index (χ3v) is 3.19. The van der Waals surface area contributed by atoms with E-state index in [1.54, 1.807) is 13.8 Å². The fraction of sp³-hybridized carbons (Fsp3) is 0.300. The fourth-order valence-electron chi connectivity index (χ4n) is 1.38. The molecular weight excluding hydrogens is 223 g/mol. The summed E-state index contributed by atoms with van der Waals surface area (Å²) >= 11 is 11.8. The largest absolute Gasteiger partial charge is 0.506 e. The molecule has 0 spiro atoms. The number of Topliss-reactive ketones (excluding diaryl/α,β-unsaturated/α-hetero) is 1. The molecule has 1 rings (SSSR count). The number of hydrogen-bond donors (Lipinski definition) is 1. The number of phenolic OH excluding ortho intramolecular Hbond substituents is 1. The van der Waals surface area contributed by atoms with E-state index in [2.05, 4.69) is 0 Å². The molecule has 76 valence electrons. The topological polar surface area (TPSA) is 37.3 Å². The van der Waals surface area contributed by atoms with E-state index in [1.807, 2.05) is 0 Å². The van der Waals surface area contributed by atoms with Crippen LogP contribution >= 0.6 is 23.2 Å². The quantitative estimate of drug-likeness (QED) is 0.753. The number of ketones is 1. The van der Waals surface area contributed by atoms with Gasteiger partial charge in [-0.3, -0.25) is 4.79 Å². The maximum atomic E-state index is 11.2. The zero-order chi connectivity index (χ0) is 11.0. The van der Waals surface area contributed by atoms with Gasteiger partial charge in [-0.15, -0.1) is 0 Å². The van der Waals surface area contributed by atoms with Gasteiger partial charge in [0.05, 0.1) is 10.6 Å². The maximum Gasteiger partial charge on any atom is 0.163 e. The van der Waals surface area contributed by atoms with Gasteiger partial charge in [0, 0.05) is 5.02 Å². The molecule has 0 aromatic heterocycles. The van der Waals surface area contributed by atoms with Crippen LogP contribution in [0.25, 0.3) is 0 Å². The molecule has 0 heterocycles. The van der Waals surface area contributed by atoms with E-state index < -0.39 is 0 Å². The second kappa shape index (κ2) is 3.79. The van der Waals surface area contributed by atoms with Crippen molar-refractivity contribution >= 4 is 29.0 Å². The Balaban J connectivity index is 3.68. The third kappa shape index (κ3) is 1.60. The molecule has 0 unspecified atom stereocenters. The van der Waals surface area contributed by atoms with Crippen molar-refractivity contribution in [1.29, 1.82) is 0 Å². The summed E-state index contributed by atoms with van der Waals surface area (Å²) in [6.45, 7) is 4.74. The van der Waals surface area contributed by atoms with Crippen LogP contribution < -0.4 is 0 Å². The SMILES string of the molecule is CC(=O)c1c(C)c(Cl)c(C)c(Cl)c1O.